The van der Waals surface area contributed by atoms with Gasteiger partial charge in [0.15, 0.2) is 0 Å². The first-order chi connectivity index (χ1) is 12.9. The van der Waals surface area contributed by atoms with Crippen LogP contribution >= 0.6 is 0 Å². The summed E-state index contributed by atoms with van der Waals surface area (Å²) < 4.78 is 10.4. The summed E-state index contributed by atoms with van der Waals surface area (Å²) in [6.45, 7) is 0. The van der Waals surface area contributed by atoms with Gasteiger partial charge in [0, 0.05) is 17.0 Å². The lowest BCUT2D eigenvalue weighted by Crippen LogP contribution is -2.59. The molecule has 0 radical (unpaired) electrons. The van der Waals surface area contributed by atoms with Crippen LogP contribution in [0.4, 0.5) is 0 Å². The zero-order valence-electron chi connectivity index (χ0n) is 15.9. The SMILES string of the molecule is COc1cc(OC)cc(C(=O)N[C@H](C(=O)O)C23CC4CC(CC(C4)C2)C3)c1. The van der Waals surface area contributed by atoms with E-state index in [0.29, 0.717) is 34.8 Å². The molecule has 0 unspecified atom stereocenters. The van der Waals surface area contributed by atoms with Crippen LogP contribution in [-0.2, 0) is 4.79 Å². The van der Waals surface area contributed by atoms with E-state index in [2.05, 4.69) is 5.32 Å². The van der Waals surface area contributed by atoms with Crippen LogP contribution in [0.2, 0.25) is 0 Å². The van der Waals surface area contributed by atoms with Crippen LogP contribution < -0.4 is 14.8 Å². The summed E-state index contributed by atoms with van der Waals surface area (Å²) in [5, 5.41) is 12.8. The van der Waals surface area contributed by atoms with Gasteiger partial charge in [-0.05, 0) is 68.4 Å². The van der Waals surface area contributed by atoms with Crippen molar-refractivity contribution < 1.29 is 24.2 Å². The number of benzene rings is 1. The molecule has 1 aromatic rings. The Labute approximate surface area is 159 Å². The van der Waals surface area contributed by atoms with Crippen molar-refractivity contribution in [1.29, 1.82) is 0 Å². The van der Waals surface area contributed by atoms with Crippen LogP contribution in [0.15, 0.2) is 18.2 Å². The van der Waals surface area contributed by atoms with Crippen LogP contribution in [0.5, 0.6) is 11.5 Å². The molecule has 27 heavy (non-hydrogen) atoms. The molecule has 2 N–H and O–H groups in total. The fourth-order valence-corrected chi connectivity index (χ4v) is 6.16. The third-order valence-corrected chi connectivity index (χ3v) is 6.83. The minimum Gasteiger partial charge on any atom is -0.497 e. The summed E-state index contributed by atoms with van der Waals surface area (Å²) in [7, 11) is 3.04. The molecule has 6 heteroatoms. The van der Waals surface area contributed by atoms with Crippen molar-refractivity contribution in [2.75, 3.05) is 14.2 Å². The van der Waals surface area contributed by atoms with Crippen molar-refractivity contribution in [2.24, 2.45) is 23.2 Å². The minimum absolute atomic E-state index is 0.306. The summed E-state index contributed by atoms with van der Waals surface area (Å²) in [6.07, 6.45) is 6.43. The largest absolute Gasteiger partial charge is 0.497 e. The number of hydrogen-bond donors (Lipinski definition) is 2. The van der Waals surface area contributed by atoms with E-state index in [1.807, 2.05) is 0 Å². The van der Waals surface area contributed by atoms with E-state index in [1.54, 1.807) is 18.2 Å². The van der Waals surface area contributed by atoms with Crippen LogP contribution in [0.25, 0.3) is 0 Å². The summed E-state index contributed by atoms with van der Waals surface area (Å²) in [5.41, 5.74) is 0.0429. The molecular formula is C21H27NO5. The monoisotopic (exact) mass is 373 g/mol. The number of methoxy groups -OCH3 is 2. The van der Waals surface area contributed by atoms with Crippen LogP contribution in [0, 0.1) is 23.2 Å². The number of rotatable bonds is 6. The number of carboxylic acids is 1. The maximum Gasteiger partial charge on any atom is 0.326 e. The highest BCUT2D eigenvalue weighted by molar-refractivity contribution is 5.97. The number of amides is 1. The molecule has 5 rings (SSSR count). The van der Waals surface area contributed by atoms with Gasteiger partial charge < -0.3 is 19.9 Å². The summed E-state index contributed by atoms with van der Waals surface area (Å²) >= 11 is 0. The number of carbonyl (C=O) groups is 2. The van der Waals surface area contributed by atoms with Gasteiger partial charge in [-0.1, -0.05) is 0 Å². The average Bonchev–Trinajstić information content (AvgIpc) is 2.63. The van der Waals surface area contributed by atoms with Crippen molar-refractivity contribution in [3.05, 3.63) is 23.8 Å². The molecule has 4 aliphatic rings. The highest BCUT2D eigenvalue weighted by atomic mass is 16.5. The molecule has 0 heterocycles. The molecule has 1 amide bonds. The number of aliphatic carboxylic acids is 1. The highest BCUT2D eigenvalue weighted by Gasteiger charge is 2.56. The average molecular weight is 373 g/mol. The first kappa shape index (κ1) is 18.1. The Morgan fingerprint density at radius 3 is 1.89 bits per heavy atom. The first-order valence-electron chi connectivity index (χ1n) is 9.69. The lowest BCUT2D eigenvalue weighted by atomic mass is 9.47. The predicted octanol–water partition coefficient (Wildman–Crippen LogP) is 3.10. The van der Waals surface area contributed by atoms with Gasteiger partial charge >= 0.3 is 5.97 Å². The molecule has 0 saturated heterocycles. The molecular weight excluding hydrogens is 346 g/mol. The van der Waals surface area contributed by atoms with Crippen molar-refractivity contribution in [1.82, 2.24) is 5.32 Å². The Morgan fingerprint density at radius 1 is 1.00 bits per heavy atom. The molecule has 4 bridgehead atoms. The molecule has 4 fully saturated rings. The Kier molecular flexibility index (Phi) is 4.52. The number of carboxylic acid groups (broad SMARTS) is 1. The molecule has 0 aromatic heterocycles. The van der Waals surface area contributed by atoms with Gasteiger partial charge in [-0.2, -0.15) is 0 Å². The molecule has 4 aliphatic carbocycles. The van der Waals surface area contributed by atoms with Crippen LogP contribution in [-0.4, -0.2) is 37.2 Å². The van der Waals surface area contributed by atoms with Gasteiger partial charge in [0.2, 0.25) is 0 Å². The van der Waals surface area contributed by atoms with E-state index >= 15 is 0 Å². The van der Waals surface area contributed by atoms with Gasteiger partial charge in [-0.15, -0.1) is 0 Å². The number of hydrogen-bond acceptors (Lipinski definition) is 4. The van der Waals surface area contributed by atoms with Gasteiger partial charge in [-0.25, -0.2) is 4.79 Å². The third-order valence-electron chi connectivity index (χ3n) is 6.83. The quantitative estimate of drug-likeness (QED) is 0.800. The number of carbonyl (C=O) groups excluding carboxylic acids is 1. The smallest absolute Gasteiger partial charge is 0.326 e. The highest BCUT2D eigenvalue weighted by Crippen LogP contribution is 2.61. The van der Waals surface area contributed by atoms with E-state index in [9.17, 15) is 14.7 Å². The number of ether oxygens (including phenoxy) is 2. The molecule has 146 valence electrons. The van der Waals surface area contributed by atoms with Crippen LogP contribution in [0.3, 0.4) is 0 Å². The molecule has 1 atom stereocenters. The second-order valence-corrected chi connectivity index (χ2v) is 8.63. The molecule has 0 aliphatic heterocycles. The van der Waals surface area contributed by atoms with Crippen molar-refractivity contribution in [3.8, 4) is 11.5 Å². The van der Waals surface area contributed by atoms with E-state index in [-0.39, 0.29) is 5.41 Å². The summed E-state index contributed by atoms with van der Waals surface area (Å²) in [6, 6.07) is 4.05. The van der Waals surface area contributed by atoms with Crippen molar-refractivity contribution >= 4 is 11.9 Å². The van der Waals surface area contributed by atoms with Crippen LogP contribution in [0.1, 0.15) is 48.9 Å². The van der Waals surface area contributed by atoms with Gasteiger partial charge in [0.25, 0.3) is 5.91 Å². The Balaban J connectivity index is 1.59. The Bertz CT molecular complexity index is 701. The molecule has 1 aromatic carbocycles. The fraction of sp³-hybridized carbons (Fsp3) is 0.619. The van der Waals surface area contributed by atoms with Crippen molar-refractivity contribution in [3.63, 3.8) is 0 Å². The first-order valence-corrected chi connectivity index (χ1v) is 9.69. The van der Waals surface area contributed by atoms with Gasteiger partial charge in [0.05, 0.1) is 14.2 Å². The topological polar surface area (TPSA) is 84.9 Å². The molecule has 4 saturated carbocycles. The third kappa shape index (κ3) is 3.26. The van der Waals surface area contributed by atoms with Crippen molar-refractivity contribution in [2.45, 2.75) is 44.6 Å². The summed E-state index contributed by atoms with van der Waals surface area (Å²) in [5.74, 6) is 1.53. The normalized spacial score (nSPS) is 32.0. The zero-order chi connectivity index (χ0) is 19.2. The lowest BCUT2D eigenvalue weighted by molar-refractivity contribution is -0.150. The van der Waals surface area contributed by atoms with E-state index in [1.165, 1.54) is 33.5 Å². The molecule has 6 nitrogen and oxygen atoms in total. The maximum absolute atomic E-state index is 12.9. The standard InChI is InChI=1S/C21H27NO5/c1-26-16-6-15(7-17(8-16)27-2)19(23)22-18(20(24)25)21-9-12-3-13(10-21)5-14(4-12)11-21/h6-8,12-14,18H,3-5,9-11H2,1-2H3,(H,22,23)(H,24,25)/t12?,13?,14?,18-,21?/m1/s1. The fourth-order valence-electron chi connectivity index (χ4n) is 6.16. The molecule has 0 spiro atoms. The minimum atomic E-state index is -0.930. The lowest BCUT2D eigenvalue weighted by Gasteiger charge is -2.58. The second kappa shape index (κ2) is 6.73. The predicted molar refractivity (Wildman–Crippen MR) is 99.0 cm³/mol. The van der Waals surface area contributed by atoms with Gasteiger partial charge in [-0.3, -0.25) is 4.79 Å². The van der Waals surface area contributed by atoms with Gasteiger partial charge in [0.1, 0.15) is 17.5 Å². The van der Waals surface area contributed by atoms with E-state index in [0.717, 1.165) is 19.3 Å². The van der Waals surface area contributed by atoms with E-state index < -0.39 is 17.9 Å². The number of nitrogens with one attached hydrogen (secondary N) is 1. The Hall–Kier alpha value is -2.24. The maximum atomic E-state index is 12.9. The van der Waals surface area contributed by atoms with E-state index in [4.69, 9.17) is 9.47 Å². The zero-order valence-corrected chi connectivity index (χ0v) is 15.9. The Morgan fingerprint density at radius 2 is 1.48 bits per heavy atom. The summed E-state index contributed by atoms with van der Waals surface area (Å²) in [4.78, 5) is 25.1. The second-order valence-electron chi connectivity index (χ2n) is 8.63.